The largest absolute Gasteiger partial charge is 0.481 e. The van der Waals surface area contributed by atoms with E-state index in [4.69, 9.17) is 9.47 Å². The predicted octanol–water partition coefficient (Wildman–Crippen LogP) is 0.640. The average Bonchev–Trinajstić information content (AvgIpc) is 3.05. The van der Waals surface area contributed by atoms with Gasteiger partial charge in [0.05, 0.1) is 19.8 Å². The zero-order chi connectivity index (χ0) is 15.7. The summed E-state index contributed by atoms with van der Waals surface area (Å²) in [6, 6.07) is 0.354. The number of fused-ring (bicyclic) bond motifs is 1. The number of hydrogen-bond donors (Lipinski definition) is 1. The highest BCUT2D eigenvalue weighted by atomic mass is 16.6. The van der Waals surface area contributed by atoms with Gasteiger partial charge in [0.25, 0.3) is 0 Å². The minimum absolute atomic E-state index is 0.0908. The van der Waals surface area contributed by atoms with Gasteiger partial charge in [0.1, 0.15) is 5.41 Å². The van der Waals surface area contributed by atoms with Crippen LogP contribution in [0.1, 0.15) is 19.8 Å². The molecule has 3 saturated heterocycles. The van der Waals surface area contributed by atoms with Crippen molar-refractivity contribution in [2.45, 2.75) is 25.8 Å². The zero-order valence-corrected chi connectivity index (χ0v) is 13.0. The van der Waals surface area contributed by atoms with Gasteiger partial charge in [-0.2, -0.15) is 0 Å². The number of rotatable bonds is 3. The summed E-state index contributed by atoms with van der Waals surface area (Å²) in [5.74, 6) is -0.644. The second kappa shape index (κ2) is 6.04. The molecule has 3 heterocycles. The fourth-order valence-corrected chi connectivity index (χ4v) is 3.98. The van der Waals surface area contributed by atoms with Crippen molar-refractivity contribution in [2.75, 3.05) is 46.0 Å². The van der Waals surface area contributed by atoms with Crippen molar-refractivity contribution < 1.29 is 24.2 Å². The van der Waals surface area contributed by atoms with Crippen LogP contribution in [0, 0.1) is 11.3 Å². The highest BCUT2D eigenvalue weighted by molar-refractivity contribution is 5.76. The lowest BCUT2D eigenvalue weighted by molar-refractivity contribution is -0.149. The van der Waals surface area contributed by atoms with Crippen LogP contribution < -0.4 is 0 Å². The van der Waals surface area contributed by atoms with E-state index < -0.39 is 11.4 Å². The number of ether oxygens (including phenoxy) is 2. The molecule has 7 heteroatoms. The van der Waals surface area contributed by atoms with Crippen LogP contribution in [0.3, 0.4) is 0 Å². The van der Waals surface area contributed by atoms with Crippen molar-refractivity contribution >= 4 is 12.1 Å². The molecular formula is C15H24N2O5. The van der Waals surface area contributed by atoms with E-state index in [0.29, 0.717) is 45.5 Å². The van der Waals surface area contributed by atoms with Gasteiger partial charge in [-0.1, -0.05) is 0 Å². The second-order valence-corrected chi connectivity index (χ2v) is 6.52. The first-order chi connectivity index (χ1) is 10.6. The monoisotopic (exact) mass is 312 g/mol. The molecule has 3 rings (SSSR count). The Kier molecular flexibility index (Phi) is 4.27. The number of carboxylic acid groups (broad SMARTS) is 1. The van der Waals surface area contributed by atoms with Crippen LogP contribution in [-0.4, -0.2) is 79.0 Å². The number of likely N-dealkylation sites (tertiary alicyclic amines) is 2. The van der Waals surface area contributed by atoms with E-state index >= 15 is 0 Å². The summed E-state index contributed by atoms with van der Waals surface area (Å²) in [7, 11) is 0. The third-order valence-corrected chi connectivity index (χ3v) is 5.33. The maximum absolute atomic E-state index is 11.7. The third-order valence-electron chi connectivity index (χ3n) is 5.33. The lowest BCUT2D eigenvalue weighted by Crippen LogP contribution is -2.47. The summed E-state index contributed by atoms with van der Waals surface area (Å²) in [4.78, 5) is 27.4. The molecule has 124 valence electrons. The van der Waals surface area contributed by atoms with Crippen LogP contribution in [0.15, 0.2) is 0 Å². The van der Waals surface area contributed by atoms with E-state index in [-0.39, 0.29) is 12.0 Å². The van der Waals surface area contributed by atoms with E-state index in [0.717, 1.165) is 19.4 Å². The molecule has 1 amide bonds. The van der Waals surface area contributed by atoms with Crippen molar-refractivity contribution in [1.29, 1.82) is 0 Å². The third kappa shape index (κ3) is 2.56. The Bertz CT molecular complexity index is 449. The summed E-state index contributed by atoms with van der Waals surface area (Å²) >= 11 is 0. The summed E-state index contributed by atoms with van der Waals surface area (Å²) in [6.45, 7) is 5.79. The van der Waals surface area contributed by atoms with Gasteiger partial charge in [0.2, 0.25) is 0 Å². The topological polar surface area (TPSA) is 79.3 Å². The SMILES string of the molecule is CCOC(=O)N1CCC(N2C[C@@H]3COC[C@]3(C(=O)O)C2)CC1. The van der Waals surface area contributed by atoms with Crippen molar-refractivity contribution in [3.05, 3.63) is 0 Å². The molecule has 22 heavy (non-hydrogen) atoms. The van der Waals surface area contributed by atoms with E-state index in [1.165, 1.54) is 0 Å². The molecule has 0 radical (unpaired) electrons. The van der Waals surface area contributed by atoms with Crippen LogP contribution in [0.2, 0.25) is 0 Å². The molecule has 7 nitrogen and oxygen atoms in total. The molecule has 2 atom stereocenters. The molecule has 0 saturated carbocycles. The van der Waals surface area contributed by atoms with Crippen molar-refractivity contribution in [2.24, 2.45) is 11.3 Å². The van der Waals surface area contributed by atoms with Gasteiger partial charge in [-0.25, -0.2) is 4.79 Å². The Morgan fingerprint density at radius 3 is 2.68 bits per heavy atom. The maximum atomic E-state index is 11.7. The van der Waals surface area contributed by atoms with E-state index in [9.17, 15) is 14.7 Å². The van der Waals surface area contributed by atoms with Crippen LogP contribution >= 0.6 is 0 Å². The van der Waals surface area contributed by atoms with Crippen LogP contribution in [0.5, 0.6) is 0 Å². The summed E-state index contributed by atoms with van der Waals surface area (Å²) < 4.78 is 10.4. The fourth-order valence-electron chi connectivity index (χ4n) is 3.98. The van der Waals surface area contributed by atoms with Gasteiger partial charge in [0, 0.05) is 38.1 Å². The molecule has 0 aromatic carbocycles. The summed E-state index contributed by atoms with van der Waals surface area (Å²) in [5, 5.41) is 9.59. The minimum Gasteiger partial charge on any atom is -0.481 e. The first kappa shape index (κ1) is 15.6. The first-order valence-electron chi connectivity index (χ1n) is 8.03. The van der Waals surface area contributed by atoms with E-state index in [2.05, 4.69) is 4.90 Å². The molecule has 3 fully saturated rings. The average molecular weight is 312 g/mol. The number of nitrogens with zero attached hydrogens (tertiary/aromatic N) is 2. The number of aliphatic carboxylic acids is 1. The second-order valence-electron chi connectivity index (χ2n) is 6.52. The Hall–Kier alpha value is -1.34. The summed E-state index contributed by atoms with van der Waals surface area (Å²) in [6.07, 6.45) is 1.51. The van der Waals surface area contributed by atoms with Gasteiger partial charge in [0.15, 0.2) is 0 Å². The standard InChI is InChI=1S/C15H24N2O5/c1-2-22-14(20)16-5-3-12(4-6-16)17-7-11-8-21-10-15(11,9-17)13(18)19/h11-12H,2-10H2,1H3,(H,18,19)/t11-,15-/m1/s1. The lowest BCUT2D eigenvalue weighted by Gasteiger charge is -2.36. The molecule has 0 aromatic heterocycles. The smallest absolute Gasteiger partial charge is 0.409 e. The molecule has 0 spiro atoms. The van der Waals surface area contributed by atoms with Gasteiger partial charge >= 0.3 is 12.1 Å². The Labute approximate surface area is 130 Å². The number of carbonyl (C=O) groups is 2. The highest BCUT2D eigenvalue weighted by Crippen LogP contribution is 2.43. The van der Waals surface area contributed by atoms with Crippen LogP contribution in [0.4, 0.5) is 4.79 Å². The minimum atomic E-state index is -0.735. The Morgan fingerprint density at radius 1 is 1.36 bits per heavy atom. The number of hydrogen-bond acceptors (Lipinski definition) is 5. The lowest BCUT2D eigenvalue weighted by atomic mass is 9.81. The molecular weight excluding hydrogens is 288 g/mol. The van der Waals surface area contributed by atoms with E-state index in [1.807, 2.05) is 0 Å². The number of piperidine rings is 1. The molecule has 1 N–H and O–H groups in total. The van der Waals surface area contributed by atoms with Gasteiger partial charge in [-0.3, -0.25) is 9.69 Å². The molecule has 0 bridgehead atoms. The first-order valence-corrected chi connectivity index (χ1v) is 8.03. The number of carboxylic acids is 1. The molecule has 0 aromatic rings. The van der Waals surface area contributed by atoms with Crippen molar-refractivity contribution in [3.8, 4) is 0 Å². The molecule has 0 aliphatic carbocycles. The number of carbonyl (C=O) groups excluding carboxylic acids is 1. The van der Waals surface area contributed by atoms with E-state index in [1.54, 1.807) is 11.8 Å². The van der Waals surface area contributed by atoms with Crippen molar-refractivity contribution in [1.82, 2.24) is 9.80 Å². The molecule has 3 aliphatic rings. The Morgan fingerprint density at radius 2 is 2.09 bits per heavy atom. The van der Waals surface area contributed by atoms with Gasteiger partial charge in [-0.05, 0) is 19.8 Å². The maximum Gasteiger partial charge on any atom is 0.409 e. The molecule has 3 aliphatic heterocycles. The van der Waals surface area contributed by atoms with Gasteiger partial charge in [-0.15, -0.1) is 0 Å². The zero-order valence-electron chi connectivity index (χ0n) is 13.0. The van der Waals surface area contributed by atoms with Gasteiger partial charge < -0.3 is 19.5 Å². The highest BCUT2D eigenvalue weighted by Gasteiger charge is 2.57. The number of amides is 1. The normalized spacial score (nSPS) is 33.0. The van der Waals surface area contributed by atoms with Crippen LogP contribution in [0.25, 0.3) is 0 Å². The summed E-state index contributed by atoms with van der Waals surface area (Å²) in [5.41, 5.74) is -0.724. The molecule has 0 unspecified atom stereocenters. The Balaban J connectivity index is 1.57. The van der Waals surface area contributed by atoms with Crippen molar-refractivity contribution in [3.63, 3.8) is 0 Å². The quantitative estimate of drug-likeness (QED) is 0.824. The van der Waals surface area contributed by atoms with Crippen LogP contribution in [-0.2, 0) is 14.3 Å². The predicted molar refractivity (Wildman–Crippen MR) is 77.6 cm³/mol. The fraction of sp³-hybridized carbons (Fsp3) is 0.867.